The zero-order valence-corrected chi connectivity index (χ0v) is 12.3. The van der Waals surface area contributed by atoms with E-state index < -0.39 is 12.7 Å². The van der Waals surface area contributed by atoms with E-state index in [2.05, 4.69) is 0 Å². The highest BCUT2D eigenvalue weighted by molar-refractivity contribution is 7.12. The van der Waals surface area contributed by atoms with Crippen LogP contribution in [0.1, 0.15) is 36.1 Å². The van der Waals surface area contributed by atoms with Gasteiger partial charge in [-0.05, 0) is 32.0 Å². The summed E-state index contributed by atoms with van der Waals surface area (Å²) < 4.78 is 38.0. The van der Waals surface area contributed by atoms with Gasteiger partial charge in [-0.3, -0.25) is 4.90 Å². The summed E-state index contributed by atoms with van der Waals surface area (Å²) in [6.45, 7) is 5.00. The van der Waals surface area contributed by atoms with Gasteiger partial charge in [-0.25, -0.2) is 0 Å². The Morgan fingerprint density at radius 1 is 1.32 bits per heavy atom. The van der Waals surface area contributed by atoms with Crippen LogP contribution in [0.3, 0.4) is 0 Å². The van der Waals surface area contributed by atoms with Gasteiger partial charge in [-0.1, -0.05) is 13.8 Å². The van der Waals surface area contributed by atoms with E-state index in [0.29, 0.717) is 13.0 Å². The fourth-order valence-corrected chi connectivity index (χ4v) is 3.22. The number of alkyl halides is 3. The summed E-state index contributed by atoms with van der Waals surface area (Å²) in [5.41, 5.74) is 6.05. The normalized spacial score (nSPS) is 15.8. The first-order valence-corrected chi connectivity index (χ1v) is 7.22. The third-order valence-electron chi connectivity index (χ3n) is 3.11. The molecule has 19 heavy (non-hydrogen) atoms. The Hall–Kier alpha value is -0.590. The molecule has 2 unspecified atom stereocenters. The van der Waals surface area contributed by atoms with Crippen molar-refractivity contribution in [1.82, 2.24) is 4.90 Å². The van der Waals surface area contributed by atoms with Crippen LogP contribution in [0.25, 0.3) is 0 Å². The van der Waals surface area contributed by atoms with Crippen molar-refractivity contribution in [3.05, 3.63) is 21.9 Å². The lowest BCUT2D eigenvalue weighted by atomic mass is 10.0. The van der Waals surface area contributed by atoms with E-state index in [1.165, 1.54) is 16.2 Å². The zero-order chi connectivity index (χ0) is 14.6. The van der Waals surface area contributed by atoms with Crippen LogP contribution in [-0.4, -0.2) is 30.2 Å². The first-order valence-electron chi connectivity index (χ1n) is 6.41. The van der Waals surface area contributed by atoms with E-state index in [1.807, 2.05) is 26.0 Å². The van der Waals surface area contributed by atoms with Crippen LogP contribution in [0.5, 0.6) is 0 Å². The standard InChI is InChI=1S/C13H21F3N2S/c1-4-10(17)12(11-7-6-9(3)19-11)18(5-2)8-13(14,15)16/h6-7,10,12H,4-5,8,17H2,1-3H3. The minimum Gasteiger partial charge on any atom is -0.326 e. The summed E-state index contributed by atoms with van der Waals surface area (Å²) in [5.74, 6) is 0. The summed E-state index contributed by atoms with van der Waals surface area (Å²) in [7, 11) is 0. The average Bonchev–Trinajstić information content (AvgIpc) is 2.72. The third-order valence-corrected chi connectivity index (χ3v) is 4.18. The summed E-state index contributed by atoms with van der Waals surface area (Å²) in [6, 6.07) is 3.16. The van der Waals surface area contributed by atoms with E-state index in [-0.39, 0.29) is 12.1 Å². The second kappa shape index (κ2) is 6.72. The lowest BCUT2D eigenvalue weighted by molar-refractivity contribution is -0.151. The topological polar surface area (TPSA) is 29.3 Å². The molecular weight excluding hydrogens is 273 g/mol. The molecule has 0 radical (unpaired) electrons. The molecule has 0 amide bonds. The van der Waals surface area contributed by atoms with Gasteiger partial charge >= 0.3 is 6.18 Å². The molecule has 2 atom stereocenters. The second-order valence-electron chi connectivity index (χ2n) is 4.64. The molecule has 6 heteroatoms. The van der Waals surface area contributed by atoms with E-state index in [0.717, 1.165) is 9.75 Å². The molecule has 0 aliphatic carbocycles. The number of halogens is 3. The van der Waals surface area contributed by atoms with Gasteiger partial charge in [-0.15, -0.1) is 11.3 Å². The zero-order valence-electron chi connectivity index (χ0n) is 11.5. The molecule has 0 aliphatic heterocycles. The Kier molecular flexibility index (Phi) is 5.82. The van der Waals surface area contributed by atoms with Crippen LogP contribution in [0.4, 0.5) is 13.2 Å². The minimum atomic E-state index is -4.20. The molecule has 0 bridgehead atoms. The lowest BCUT2D eigenvalue weighted by Gasteiger charge is -2.34. The second-order valence-corrected chi connectivity index (χ2v) is 5.96. The molecule has 0 aromatic carbocycles. The van der Waals surface area contributed by atoms with E-state index in [9.17, 15) is 13.2 Å². The molecule has 1 heterocycles. The number of hydrogen-bond acceptors (Lipinski definition) is 3. The number of likely N-dealkylation sites (N-methyl/N-ethyl adjacent to an activating group) is 1. The first kappa shape index (κ1) is 16.5. The molecule has 110 valence electrons. The highest BCUT2D eigenvalue weighted by atomic mass is 32.1. The fraction of sp³-hybridized carbons (Fsp3) is 0.692. The number of aryl methyl sites for hydroxylation is 1. The van der Waals surface area contributed by atoms with Crippen LogP contribution in [0.2, 0.25) is 0 Å². The summed E-state index contributed by atoms with van der Waals surface area (Å²) in [5, 5.41) is 0. The third kappa shape index (κ3) is 4.78. The monoisotopic (exact) mass is 294 g/mol. The van der Waals surface area contributed by atoms with E-state index >= 15 is 0 Å². The van der Waals surface area contributed by atoms with Crippen molar-refractivity contribution < 1.29 is 13.2 Å². The number of nitrogens with two attached hydrogens (primary N) is 1. The molecule has 0 aliphatic rings. The SMILES string of the molecule is CCC(N)C(c1ccc(C)s1)N(CC)CC(F)(F)F. The molecule has 0 fully saturated rings. The van der Waals surface area contributed by atoms with Crippen LogP contribution in [-0.2, 0) is 0 Å². The smallest absolute Gasteiger partial charge is 0.326 e. The predicted octanol–water partition coefficient (Wildman–Crippen LogP) is 3.72. The summed E-state index contributed by atoms with van der Waals surface area (Å²) >= 11 is 1.52. The molecule has 1 aromatic heterocycles. The largest absolute Gasteiger partial charge is 0.401 e. The van der Waals surface area contributed by atoms with Crippen molar-refractivity contribution in [2.45, 2.75) is 45.5 Å². The minimum absolute atomic E-state index is 0.291. The van der Waals surface area contributed by atoms with Crippen LogP contribution >= 0.6 is 11.3 Å². The highest BCUT2D eigenvalue weighted by Gasteiger charge is 2.35. The van der Waals surface area contributed by atoms with Gasteiger partial charge in [0.15, 0.2) is 0 Å². The van der Waals surface area contributed by atoms with Gasteiger partial charge in [0, 0.05) is 15.8 Å². The molecule has 2 nitrogen and oxygen atoms in total. The van der Waals surface area contributed by atoms with Crippen LogP contribution in [0.15, 0.2) is 12.1 Å². The maximum absolute atomic E-state index is 12.7. The molecular formula is C13H21F3N2S. The first-order chi connectivity index (χ1) is 8.78. The predicted molar refractivity (Wildman–Crippen MR) is 73.4 cm³/mol. The maximum atomic E-state index is 12.7. The maximum Gasteiger partial charge on any atom is 0.401 e. The summed E-state index contributed by atoms with van der Waals surface area (Å²) in [4.78, 5) is 3.42. The Balaban J connectivity index is 3.01. The quantitative estimate of drug-likeness (QED) is 0.866. The van der Waals surface area contributed by atoms with Crippen molar-refractivity contribution in [3.8, 4) is 0 Å². The van der Waals surface area contributed by atoms with Crippen molar-refractivity contribution in [1.29, 1.82) is 0 Å². The fourth-order valence-electron chi connectivity index (χ4n) is 2.13. The molecule has 1 rings (SSSR count). The number of hydrogen-bond donors (Lipinski definition) is 1. The number of nitrogens with zero attached hydrogens (tertiary/aromatic N) is 1. The van der Waals surface area contributed by atoms with Crippen molar-refractivity contribution >= 4 is 11.3 Å². The van der Waals surface area contributed by atoms with Crippen molar-refractivity contribution in [2.75, 3.05) is 13.1 Å². The molecule has 0 spiro atoms. The Labute approximate surface area is 116 Å². The van der Waals surface area contributed by atoms with Gasteiger partial charge in [0.25, 0.3) is 0 Å². The molecule has 0 saturated heterocycles. The van der Waals surface area contributed by atoms with E-state index in [1.54, 1.807) is 6.92 Å². The van der Waals surface area contributed by atoms with Crippen LogP contribution < -0.4 is 5.73 Å². The lowest BCUT2D eigenvalue weighted by Crippen LogP contribution is -2.44. The van der Waals surface area contributed by atoms with Crippen molar-refractivity contribution in [3.63, 3.8) is 0 Å². The average molecular weight is 294 g/mol. The van der Waals surface area contributed by atoms with Gasteiger partial charge in [0.1, 0.15) is 0 Å². The van der Waals surface area contributed by atoms with Crippen LogP contribution in [0, 0.1) is 6.92 Å². The van der Waals surface area contributed by atoms with Gasteiger partial charge in [0.05, 0.1) is 12.6 Å². The van der Waals surface area contributed by atoms with Gasteiger partial charge < -0.3 is 5.73 Å². The Bertz CT molecular complexity index is 389. The van der Waals surface area contributed by atoms with E-state index in [4.69, 9.17) is 5.73 Å². The van der Waals surface area contributed by atoms with Gasteiger partial charge in [0.2, 0.25) is 0 Å². The molecule has 0 saturated carbocycles. The molecule has 2 N–H and O–H groups in total. The van der Waals surface area contributed by atoms with Gasteiger partial charge in [-0.2, -0.15) is 13.2 Å². The number of rotatable bonds is 6. The Morgan fingerprint density at radius 2 is 1.95 bits per heavy atom. The number of thiophene rings is 1. The highest BCUT2D eigenvalue weighted by Crippen LogP contribution is 2.32. The Morgan fingerprint density at radius 3 is 2.32 bits per heavy atom. The van der Waals surface area contributed by atoms with Crippen molar-refractivity contribution in [2.24, 2.45) is 5.73 Å². The molecule has 1 aromatic rings. The summed E-state index contributed by atoms with van der Waals surface area (Å²) in [6.07, 6.45) is -3.55.